The molecule has 0 atom stereocenters. The van der Waals surface area contributed by atoms with Gasteiger partial charge in [0.05, 0.1) is 5.69 Å². The van der Waals surface area contributed by atoms with Gasteiger partial charge >= 0.3 is 0 Å². The van der Waals surface area contributed by atoms with Crippen LogP contribution in [-0.4, -0.2) is 24.1 Å². The van der Waals surface area contributed by atoms with E-state index in [1.807, 2.05) is 18.5 Å². The molecular weight excluding hydrogens is 150 g/mol. The summed E-state index contributed by atoms with van der Waals surface area (Å²) in [5, 5.41) is 0. The number of hydrogen-bond donors (Lipinski definition) is 2. The van der Waals surface area contributed by atoms with E-state index in [0.717, 1.165) is 0 Å². The summed E-state index contributed by atoms with van der Waals surface area (Å²) >= 11 is 0. The van der Waals surface area contributed by atoms with Crippen LogP contribution in [0.1, 0.15) is 13.8 Å². The Morgan fingerprint density at radius 1 is 1.58 bits per heavy atom. The molecule has 0 aliphatic carbocycles. The Hall–Kier alpha value is -0.960. The third kappa shape index (κ3) is 1.61. The van der Waals surface area contributed by atoms with Gasteiger partial charge in [-0.3, -0.25) is 0 Å². The van der Waals surface area contributed by atoms with Crippen LogP contribution in [-0.2, 0) is 0 Å². The second-order valence-electron chi connectivity index (χ2n) is 3.64. The van der Waals surface area contributed by atoms with E-state index in [1.54, 1.807) is 0 Å². The lowest BCUT2D eigenvalue weighted by molar-refractivity contribution is 0.499. The Labute approximate surface area is 73.6 Å². The molecule has 1 aromatic heterocycles. The monoisotopic (exact) mass is 167 g/mol. The molecule has 12 heavy (non-hydrogen) atoms. The first-order valence-corrected chi connectivity index (χ1v) is 4.14. The Balaban J connectivity index is 2.78. The number of nitrogens with two attached hydrogens (primary N) is 1. The van der Waals surface area contributed by atoms with Gasteiger partial charge in [0, 0.05) is 31.5 Å². The second kappa shape index (κ2) is 3.19. The fraction of sp³-hybridized carbons (Fsp3) is 0.556. The van der Waals surface area contributed by atoms with Gasteiger partial charge in [-0.2, -0.15) is 0 Å². The van der Waals surface area contributed by atoms with Gasteiger partial charge in [-0.05, 0) is 19.9 Å². The number of aromatic nitrogens is 1. The average Bonchev–Trinajstić information content (AvgIpc) is 2.55. The van der Waals surface area contributed by atoms with Crippen molar-refractivity contribution >= 4 is 5.69 Å². The summed E-state index contributed by atoms with van der Waals surface area (Å²) in [7, 11) is 2.05. The first-order chi connectivity index (χ1) is 5.58. The van der Waals surface area contributed by atoms with E-state index < -0.39 is 0 Å². The molecule has 0 amide bonds. The first kappa shape index (κ1) is 9.13. The molecule has 3 nitrogen and oxygen atoms in total. The zero-order valence-corrected chi connectivity index (χ0v) is 7.96. The standard InChI is InChI=1S/C9H17N3/c1-9(2,7-10)12(3)8-4-5-11-6-8/h4-6,11H,7,10H2,1-3H3. The van der Waals surface area contributed by atoms with Crippen LogP contribution in [0.5, 0.6) is 0 Å². The van der Waals surface area contributed by atoms with Crippen LogP contribution in [0, 0.1) is 0 Å². The molecular formula is C9H17N3. The lowest BCUT2D eigenvalue weighted by atomic mass is 10.0. The lowest BCUT2D eigenvalue weighted by Gasteiger charge is -2.35. The Kier molecular flexibility index (Phi) is 2.43. The van der Waals surface area contributed by atoms with Crippen molar-refractivity contribution in [2.24, 2.45) is 5.73 Å². The third-order valence-electron chi connectivity index (χ3n) is 2.38. The highest BCUT2D eigenvalue weighted by Gasteiger charge is 2.21. The van der Waals surface area contributed by atoms with Gasteiger partial charge in [0.2, 0.25) is 0 Å². The number of rotatable bonds is 3. The largest absolute Gasteiger partial charge is 0.367 e. The molecule has 3 N–H and O–H groups in total. The molecule has 1 aromatic rings. The SMILES string of the molecule is CN(c1cc[nH]c1)C(C)(C)CN. The maximum atomic E-state index is 5.66. The van der Waals surface area contributed by atoms with Crippen molar-refractivity contribution in [1.82, 2.24) is 4.98 Å². The van der Waals surface area contributed by atoms with Gasteiger partial charge in [0.25, 0.3) is 0 Å². The number of anilines is 1. The van der Waals surface area contributed by atoms with Crippen LogP contribution in [0.2, 0.25) is 0 Å². The predicted molar refractivity (Wildman–Crippen MR) is 52.3 cm³/mol. The minimum absolute atomic E-state index is 0.0161. The van der Waals surface area contributed by atoms with E-state index in [4.69, 9.17) is 5.73 Å². The molecule has 0 aromatic carbocycles. The van der Waals surface area contributed by atoms with Crippen molar-refractivity contribution < 1.29 is 0 Å². The van der Waals surface area contributed by atoms with Crippen molar-refractivity contribution in [2.45, 2.75) is 19.4 Å². The van der Waals surface area contributed by atoms with E-state index in [9.17, 15) is 0 Å². The molecule has 0 aliphatic rings. The number of hydrogen-bond acceptors (Lipinski definition) is 2. The van der Waals surface area contributed by atoms with Gasteiger partial charge < -0.3 is 15.6 Å². The molecule has 1 heterocycles. The van der Waals surface area contributed by atoms with E-state index in [0.29, 0.717) is 6.54 Å². The van der Waals surface area contributed by atoms with Crippen LogP contribution < -0.4 is 10.6 Å². The Bertz CT molecular complexity index is 226. The molecule has 1 rings (SSSR count). The number of H-pyrrole nitrogens is 1. The van der Waals surface area contributed by atoms with Gasteiger partial charge in [-0.1, -0.05) is 0 Å². The van der Waals surface area contributed by atoms with Crippen molar-refractivity contribution in [1.29, 1.82) is 0 Å². The Morgan fingerprint density at radius 3 is 2.67 bits per heavy atom. The highest BCUT2D eigenvalue weighted by molar-refractivity contribution is 5.45. The summed E-state index contributed by atoms with van der Waals surface area (Å²) in [6.45, 7) is 4.90. The van der Waals surface area contributed by atoms with Crippen LogP contribution in [0.15, 0.2) is 18.5 Å². The third-order valence-corrected chi connectivity index (χ3v) is 2.38. The zero-order valence-electron chi connectivity index (χ0n) is 7.96. The van der Waals surface area contributed by atoms with Gasteiger partial charge in [-0.25, -0.2) is 0 Å². The van der Waals surface area contributed by atoms with Crippen LogP contribution in [0.25, 0.3) is 0 Å². The average molecular weight is 167 g/mol. The second-order valence-corrected chi connectivity index (χ2v) is 3.64. The molecule has 0 unspecified atom stereocenters. The molecule has 0 aliphatic heterocycles. The predicted octanol–water partition coefficient (Wildman–Crippen LogP) is 1.19. The highest BCUT2D eigenvalue weighted by Crippen LogP contribution is 2.19. The first-order valence-electron chi connectivity index (χ1n) is 4.14. The summed E-state index contributed by atoms with van der Waals surface area (Å²) in [4.78, 5) is 5.19. The van der Waals surface area contributed by atoms with Crippen molar-refractivity contribution in [2.75, 3.05) is 18.5 Å². The molecule has 0 saturated heterocycles. The summed E-state index contributed by atoms with van der Waals surface area (Å²) in [5.74, 6) is 0. The fourth-order valence-electron chi connectivity index (χ4n) is 1.01. The summed E-state index contributed by atoms with van der Waals surface area (Å²) in [6.07, 6.45) is 3.88. The number of nitrogens with one attached hydrogen (secondary N) is 1. The number of aromatic amines is 1. The quantitative estimate of drug-likeness (QED) is 0.710. The lowest BCUT2D eigenvalue weighted by Crippen LogP contribution is -2.47. The summed E-state index contributed by atoms with van der Waals surface area (Å²) in [6, 6.07) is 2.04. The van der Waals surface area contributed by atoms with Crippen molar-refractivity contribution in [3.63, 3.8) is 0 Å². The van der Waals surface area contributed by atoms with Crippen LogP contribution in [0.3, 0.4) is 0 Å². The smallest absolute Gasteiger partial charge is 0.0546 e. The van der Waals surface area contributed by atoms with Crippen LogP contribution >= 0.6 is 0 Å². The van der Waals surface area contributed by atoms with Crippen LogP contribution in [0.4, 0.5) is 5.69 Å². The molecule has 0 spiro atoms. The van der Waals surface area contributed by atoms with Gasteiger partial charge in [-0.15, -0.1) is 0 Å². The van der Waals surface area contributed by atoms with E-state index in [2.05, 4.69) is 30.8 Å². The summed E-state index contributed by atoms with van der Waals surface area (Å²) < 4.78 is 0. The minimum atomic E-state index is 0.0161. The maximum absolute atomic E-state index is 5.66. The van der Waals surface area contributed by atoms with E-state index >= 15 is 0 Å². The normalized spacial score (nSPS) is 11.7. The molecule has 0 radical (unpaired) electrons. The van der Waals surface area contributed by atoms with Crippen molar-refractivity contribution in [3.05, 3.63) is 18.5 Å². The zero-order chi connectivity index (χ0) is 9.19. The van der Waals surface area contributed by atoms with Gasteiger partial charge in [0.15, 0.2) is 0 Å². The summed E-state index contributed by atoms with van der Waals surface area (Å²) in [5.41, 5.74) is 6.85. The highest BCUT2D eigenvalue weighted by atomic mass is 15.2. The molecule has 68 valence electrons. The number of nitrogens with zero attached hydrogens (tertiary/aromatic N) is 1. The van der Waals surface area contributed by atoms with Gasteiger partial charge in [0.1, 0.15) is 0 Å². The molecule has 0 fully saturated rings. The topological polar surface area (TPSA) is 45.0 Å². The molecule has 0 bridgehead atoms. The Morgan fingerprint density at radius 2 is 2.25 bits per heavy atom. The fourth-order valence-corrected chi connectivity index (χ4v) is 1.01. The van der Waals surface area contributed by atoms with E-state index in [1.165, 1.54) is 5.69 Å². The minimum Gasteiger partial charge on any atom is -0.367 e. The molecule has 3 heteroatoms. The number of likely N-dealkylation sites (N-methyl/N-ethyl adjacent to an activating group) is 1. The molecule has 0 saturated carbocycles. The van der Waals surface area contributed by atoms with Crippen molar-refractivity contribution in [3.8, 4) is 0 Å². The maximum Gasteiger partial charge on any atom is 0.0546 e. The van der Waals surface area contributed by atoms with E-state index in [-0.39, 0.29) is 5.54 Å².